The molecule has 5 rings (SSSR count). The molecule has 0 heterocycles. The standard InChI is InChI=1S/C34H36O/c1-25-8-5-6-12-29(13-7-9-25)30-17-14-27(15-18-30)22-28-16-19-31-20-21-34(35)33(32(31)24-28)23-26-10-3-2-4-11-26/h2-4,10-12,14-21,24-25,35H,5-9,13,22-23H2,1H3. The highest BCUT2D eigenvalue weighted by Gasteiger charge is 2.11. The van der Waals surface area contributed by atoms with Crippen molar-refractivity contribution in [2.24, 2.45) is 5.92 Å². The van der Waals surface area contributed by atoms with Gasteiger partial charge in [0.25, 0.3) is 0 Å². The van der Waals surface area contributed by atoms with Gasteiger partial charge in [-0.3, -0.25) is 0 Å². The number of aromatic hydroxyl groups is 1. The normalized spacial score (nSPS) is 16.8. The van der Waals surface area contributed by atoms with Gasteiger partial charge in [0.1, 0.15) is 5.75 Å². The highest BCUT2D eigenvalue weighted by molar-refractivity contribution is 5.88. The molecule has 0 fully saturated rings. The van der Waals surface area contributed by atoms with Crippen LogP contribution in [-0.4, -0.2) is 5.11 Å². The number of phenols is 1. The number of rotatable bonds is 5. The Morgan fingerprint density at radius 2 is 1.46 bits per heavy atom. The van der Waals surface area contributed by atoms with Gasteiger partial charge in [-0.25, -0.2) is 0 Å². The largest absolute Gasteiger partial charge is 0.508 e. The summed E-state index contributed by atoms with van der Waals surface area (Å²) in [6.07, 6.45) is 11.8. The Kier molecular flexibility index (Phi) is 7.33. The van der Waals surface area contributed by atoms with Gasteiger partial charge < -0.3 is 5.11 Å². The fraction of sp³-hybridized carbons (Fsp3) is 0.294. The van der Waals surface area contributed by atoms with E-state index < -0.39 is 0 Å². The van der Waals surface area contributed by atoms with Crippen LogP contribution in [0.25, 0.3) is 16.3 Å². The zero-order valence-corrected chi connectivity index (χ0v) is 20.8. The minimum atomic E-state index is 0.375. The summed E-state index contributed by atoms with van der Waals surface area (Å²) in [5, 5.41) is 13.0. The molecule has 4 aromatic carbocycles. The van der Waals surface area contributed by atoms with Gasteiger partial charge in [0.15, 0.2) is 0 Å². The average molecular weight is 461 g/mol. The first-order chi connectivity index (χ1) is 17.2. The van der Waals surface area contributed by atoms with Crippen molar-refractivity contribution in [1.29, 1.82) is 0 Å². The molecule has 1 unspecified atom stereocenters. The summed E-state index contributed by atoms with van der Waals surface area (Å²) >= 11 is 0. The Bertz CT molecular complexity index is 1300. The summed E-state index contributed by atoms with van der Waals surface area (Å²) in [5.41, 5.74) is 7.74. The van der Waals surface area contributed by atoms with Crippen LogP contribution in [-0.2, 0) is 12.8 Å². The van der Waals surface area contributed by atoms with Gasteiger partial charge in [0.05, 0.1) is 0 Å². The average Bonchev–Trinajstić information content (AvgIpc) is 2.99. The van der Waals surface area contributed by atoms with Crippen LogP contribution in [0.2, 0.25) is 0 Å². The molecule has 1 N–H and O–H groups in total. The first-order valence-corrected chi connectivity index (χ1v) is 13.2. The van der Waals surface area contributed by atoms with E-state index in [1.54, 1.807) is 0 Å². The highest BCUT2D eigenvalue weighted by atomic mass is 16.3. The molecular formula is C34H36O. The molecule has 1 nitrogen and oxygen atoms in total. The van der Waals surface area contributed by atoms with Crippen molar-refractivity contribution in [3.63, 3.8) is 0 Å². The zero-order valence-electron chi connectivity index (χ0n) is 20.8. The van der Waals surface area contributed by atoms with Crippen LogP contribution >= 0.6 is 0 Å². The molecule has 0 amide bonds. The Morgan fingerprint density at radius 3 is 2.29 bits per heavy atom. The van der Waals surface area contributed by atoms with Crippen molar-refractivity contribution in [2.45, 2.75) is 58.3 Å². The third-order valence-corrected chi connectivity index (χ3v) is 7.56. The van der Waals surface area contributed by atoms with Crippen molar-refractivity contribution in [1.82, 2.24) is 0 Å². The summed E-state index contributed by atoms with van der Waals surface area (Å²) < 4.78 is 0. The number of hydrogen-bond donors (Lipinski definition) is 1. The number of allylic oxidation sites excluding steroid dienone is 2. The molecule has 4 aromatic rings. The Morgan fingerprint density at radius 1 is 0.743 bits per heavy atom. The van der Waals surface area contributed by atoms with Crippen LogP contribution in [0.1, 0.15) is 73.3 Å². The minimum absolute atomic E-state index is 0.375. The molecule has 0 aliphatic heterocycles. The van der Waals surface area contributed by atoms with Gasteiger partial charge in [-0.1, -0.05) is 105 Å². The van der Waals surface area contributed by atoms with E-state index in [0.717, 1.165) is 29.7 Å². The summed E-state index contributed by atoms with van der Waals surface area (Å²) in [5.74, 6) is 1.24. The lowest BCUT2D eigenvalue weighted by molar-refractivity contribution is 0.469. The van der Waals surface area contributed by atoms with Gasteiger partial charge in [-0.2, -0.15) is 0 Å². The molecule has 1 heteroatoms. The van der Waals surface area contributed by atoms with E-state index in [-0.39, 0.29) is 0 Å². The third kappa shape index (κ3) is 5.85. The van der Waals surface area contributed by atoms with Gasteiger partial charge >= 0.3 is 0 Å². The predicted octanol–water partition coefficient (Wildman–Crippen LogP) is 9.10. The molecule has 1 aliphatic rings. The van der Waals surface area contributed by atoms with Gasteiger partial charge in [0, 0.05) is 12.0 Å². The zero-order chi connectivity index (χ0) is 24.0. The summed E-state index contributed by atoms with van der Waals surface area (Å²) in [6, 6.07) is 30.1. The number of hydrogen-bond acceptors (Lipinski definition) is 1. The number of phenolic OH excluding ortho intramolecular Hbond substituents is 1. The van der Waals surface area contributed by atoms with Crippen LogP contribution in [0.15, 0.2) is 91.0 Å². The van der Waals surface area contributed by atoms with E-state index in [0.29, 0.717) is 5.75 Å². The first-order valence-electron chi connectivity index (χ1n) is 13.2. The van der Waals surface area contributed by atoms with Gasteiger partial charge in [0.2, 0.25) is 0 Å². The van der Waals surface area contributed by atoms with Crippen LogP contribution in [0.3, 0.4) is 0 Å². The summed E-state index contributed by atoms with van der Waals surface area (Å²) in [4.78, 5) is 0. The molecule has 0 aromatic heterocycles. The summed E-state index contributed by atoms with van der Waals surface area (Å²) in [6.45, 7) is 2.40. The van der Waals surface area contributed by atoms with E-state index in [2.05, 4.69) is 79.7 Å². The second-order valence-electron chi connectivity index (χ2n) is 10.3. The van der Waals surface area contributed by atoms with Crippen molar-refractivity contribution < 1.29 is 5.11 Å². The van der Waals surface area contributed by atoms with Crippen LogP contribution < -0.4 is 0 Å². The number of fused-ring (bicyclic) bond motifs is 1. The van der Waals surface area contributed by atoms with E-state index in [9.17, 15) is 5.11 Å². The van der Waals surface area contributed by atoms with Crippen LogP contribution in [0, 0.1) is 5.92 Å². The van der Waals surface area contributed by atoms with Gasteiger partial charge in [-0.15, -0.1) is 0 Å². The van der Waals surface area contributed by atoms with Crippen molar-refractivity contribution in [3.05, 3.63) is 119 Å². The van der Waals surface area contributed by atoms with E-state index >= 15 is 0 Å². The van der Waals surface area contributed by atoms with Gasteiger partial charge in [-0.05, 0) is 82.7 Å². The fourth-order valence-corrected chi connectivity index (χ4v) is 5.48. The fourth-order valence-electron chi connectivity index (χ4n) is 5.48. The van der Waals surface area contributed by atoms with E-state index in [1.807, 2.05) is 18.2 Å². The van der Waals surface area contributed by atoms with Crippen LogP contribution in [0.4, 0.5) is 0 Å². The molecule has 0 spiro atoms. The van der Waals surface area contributed by atoms with Crippen LogP contribution in [0.5, 0.6) is 5.75 Å². The Balaban J connectivity index is 1.36. The maximum Gasteiger partial charge on any atom is 0.119 e. The lowest BCUT2D eigenvalue weighted by Crippen LogP contribution is -1.94. The molecule has 0 saturated heterocycles. The van der Waals surface area contributed by atoms with Crippen molar-refractivity contribution >= 4 is 16.3 Å². The molecular weight excluding hydrogens is 424 g/mol. The summed E-state index contributed by atoms with van der Waals surface area (Å²) in [7, 11) is 0. The third-order valence-electron chi connectivity index (χ3n) is 7.56. The predicted molar refractivity (Wildman–Crippen MR) is 149 cm³/mol. The lowest BCUT2D eigenvalue weighted by atomic mass is 9.93. The van der Waals surface area contributed by atoms with E-state index in [4.69, 9.17) is 0 Å². The molecule has 0 saturated carbocycles. The lowest BCUT2D eigenvalue weighted by Gasteiger charge is -2.12. The number of benzene rings is 4. The smallest absolute Gasteiger partial charge is 0.119 e. The molecule has 35 heavy (non-hydrogen) atoms. The Labute approximate surface area is 210 Å². The molecule has 0 bridgehead atoms. The minimum Gasteiger partial charge on any atom is -0.508 e. The van der Waals surface area contributed by atoms with Crippen molar-refractivity contribution in [3.8, 4) is 5.75 Å². The molecule has 178 valence electrons. The monoisotopic (exact) mass is 460 g/mol. The first kappa shape index (κ1) is 23.4. The SMILES string of the molecule is CC1CCCC=C(c2ccc(Cc3ccc4ccc(O)c(Cc5ccccc5)c4c3)cc2)CCC1. The quantitative estimate of drug-likeness (QED) is 0.315. The highest BCUT2D eigenvalue weighted by Crippen LogP contribution is 2.31. The topological polar surface area (TPSA) is 20.2 Å². The molecule has 1 atom stereocenters. The maximum absolute atomic E-state index is 10.7. The Hall–Kier alpha value is -3.32. The molecule has 1 aliphatic carbocycles. The van der Waals surface area contributed by atoms with Crippen molar-refractivity contribution in [2.75, 3.05) is 0 Å². The maximum atomic E-state index is 10.7. The molecule has 0 radical (unpaired) electrons. The van der Waals surface area contributed by atoms with E-state index in [1.165, 1.54) is 71.7 Å². The second kappa shape index (κ2) is 11.0. The second-order valence-corrected chi connectivity index (χ2v) is 10.3.